The molecule has 0 bridgehead atoms. The molecule has 1 unspecified atom stereocenters. The van der Waals surface area contributed by atoms with Gasteiger partial charge in [0.1, 0.15) is 0 Å². The number of rotatable bonds is 8. The van der Waals surface area contributed by atoms with Gasteiger partial charge in [-0.05, 0) is 37.5 Å². The SMILES string of the molecule is Cc1[nH]cc(C(=O)NC(CCc2ccccc2)C(=O)C(N)=O)c1-c1ccccn1. The van der Waals surface area contributed by atoms with Crippen molar-refractivity contribution in [3.8, 4) is 11.3 Å². The van der Waals surface area contributed by atoms with Gasteiger partial charge in [0, 0.05) is 23.7 Å². The number of hydrogen-bond donors (Lipinski definition) is 3. The predicted molar refractivity (Wildman–Crippen MR) is 109 cm³/mol. The number of nitrogens with two attached hydrogens (primary N) is 1. The summed E-state index contributed by atoms with van der Waals surface area (Å²) in [4.78, 5) is 44.0. The molecule has 0 aliphatic heterocycles. The normalized spacial score (nSPS) is 11.6. The Kier molecular flexibility index (Phi) is 6.19. The second-order valence-electron chi connectivity index (χ2n) is 6.70. The lowest BCUT2D eigenvalue weighted by Crippen LogP contribution is -2.46. The monoisotopic (exact) mass is 390 g/mol. The number of nitrogens with one attached hydrogen (secondary N) is 2. The van der Waals surface area contributed by atoms with Gasteiger partial charge in [-0.1, -0.05) is 36.4 Å². The first kappa shape index (κ1) is 20.0. The van der Waals surface area contributed by atoms with Gasteiger partial charge in [0.2, 0.25) is 5.78 Å². The van der Waals surface area contributed by atoms with E-state index in [0.717, 1.165) is 11.3 Å². The molecule has 3 aromatic rings. The Morgan fingerprint density at radius 3 is 2.48 bits per heavy atom. The summed E-state index contributed by atoms with van der Waals surface area (Å²) in [5.74, 6) is -2.36. The molecule has 7 heteroatoms. The number of ketones is 1. The number of aromatic amines is 1. The molecule has 2 amide bonds. The Bertz CT molecular complexity index is 1010. The summed E-state index contributed by atoms with van der Waals surface area (Å²) < 4.78 is 0. The van der Waals surface area contributed by atoms with E-state index in [2.05, 4.69) is 15.3 Å². The first-order chi connectivity index (χ1) is 14.0. The van der Waals surface area contributed by atoms with Gasteiger partial charge >= 0.3 is 0 Å². The topological polar surface area (TPSA) is 118 Å². The van der Waals surface area contributed by atoms with E-state index in [-0.39, 0.29) is 6.42 Å². The van der Waals surface area contributed by atoms with Crippen LogP contribution in [0.25, 0.3) is 11.3 Å². The first-order valence-corrected chi connectivity index (χ1v) is 9.25. The van der Waals surface area contributed by atoms with Gasteiger partial charge in [0.05, 0.1) is 17.3 Å². The molecule has 2 heterocycles. The van der Waals surface area contributed by atoms with E-state index in [1.807, 2.05) is 43.3 Å². The number of amides is 2. The number of carbonyl (C=O) groups is 3. The minimum Gasteiger partial charge on any atom is -0.364 e. The molecule has 2 aromatic heterocycles. The van der Waals surface area contributed by atoms with Gasteiger partial charge in [-0.15, -0.1) is 0 Å². The fourth-order valence-electron chi connectivity index (χ4n) is 3.18. The van der Waals surface area contributed by atoms with Crippen LogP contribution in [0.5, 0.6) is 0 Å². The highest BCUT2D eigenvalue weighted by Crippen LogP contribution is 2.25. The van der Waals surface area contributed by atoms with E-state index < -0.39 is 23.6 Å². The van der Waals surface area contributed by atoms with Crippen LogP contribution in [0.1, 0.15) is 28.0 Å². The van der Waals surface area contributed by atoms with Crippen molar-refractivity contribution >= 4 is 17.6 Å². The standard InChI is InChI=1S/C22H22N4O3/c1-14-19(17-9-5-6-12-24-17)16(13-25-14)22(29)26-18(20(27)21(23)28)11-10-15-7-3-2-4-8-15/h2-9,12-13,18,25H,10-11H2,1H3,(H2,23,28)(H,26,29). The second-order valence-corrected chi connectivity index (χ2v) is 6.70. The molecular weight excluding hydrogens is 368 g/mol. The summed E-state index contributed by atoms with van der Waals surface area (Å²) in [6.07, 6.45) is 3.99. The van der Waals surface area contributed by atoms with Crippen molar-refractivity contribution in [2.45, 2.75) is 25.8 Å². The molecular formula is C22H22N4O3. The molecule has 0 fully saturated rings. The van der Waals surface area contributed by atoms with Crippen molar-refractivity contribution in [3.05, 3.63) is 77.7 Å². The van der Waals surface area contributed by atoms with Crippen molar-refractivity contribution in [2.24, 2.45) is 5.73 Å². The maximum atomic E-state index is 12.9. The largest absolute Gasteiger partial charge is 0.364 e. The number of H-pyrrole nitrogens is 1. The van der Waals surface area contributed by atoms with Crippen LogP contribution in [-0.4, -0.2) is 33.6 Å². The number of primary amides is 1. The molecule has 3 rings (SSSR count). The fourth-order valence-corrected chi connectivity index (χ4v) is 3.18. The highest BCUT2D eigenvalue weighted by Gasteiger charge is 2.27. The number of pyridine rings is 1. The summed E-state index contributed by atoms with van der Waals surface area (Å²) in [5, 5.41) is 2.67. The Hall–Kier alpha value is -3.74. The molecule has 0 aliphatic rings. The van der Waals surface area contributed by atoms with E-state index in [4.69, 9.17) is 5.73 Å². The molecule has 7 nitrogen and oxygen atoms in total. The molecule has 0 radical (unpaired) electrons. The Balaban J connectivity index is 1.82. The van der Waals surface area contributed by atoms with Gasteiger partial charge in [0.15, 0.2) is 0 Å². The molecule has 1 aromatic carbocycles. The number of Topliss-reactive ketones (excluding diaryl/α,β-unsaturated/α-hetero) is 1. The Morgan fingerprint density at radius 2 is 1.83 bits per heavy atom. The van der Waals surface area contributed by atoms with E-state index in [1.165, 1.54) is 0 Å². The fraction of sp³-hybridized carbons (Fsp3) is 0.182. The molecule has 29 heavy (non-hydrogen) atoms. The van der Waals surface area contributed by atoms with E-state index >= 15 is 0 Å². The number of carbonyl (C=O) groups excluding carboxylic acids is 3. The summed E-state index contributed by atoms with van der Waals surface area (Å²) in [7, 11) is 0. The van der Waals surface area contributed by atoms with E-state index in [1.54, 1.807) is 24.5 Å². The third kappa shape index (κ3) is 4.76. The quantitative estimate of drug-likeness (QED) is 0.511. The van der Waals surface area contributed by atoms with Crippen LogP contribution >= 0.6 is 0 Å². The van der Waals surface area contributed by atoms with Gasteiger partial charge in [-0.2, -0.15) is 0 Å². The smallest absolute Gasteiger partial charge is 0.287 e. The van der Waals surface area contributed by atoms with Crippen molar-refractivity contribution < 1.29 is 14.4 Å². The minimum atomic E-state index is -1.07. The van der Waals surface area contributed by atoms with Crippen LogP contribution < -0.4 is 11.1 Å². The lowest BCUT2D eigenvalue weighted by molar-refractivity contribution is -0.137. The zero-order chi connectivity index (χ0) is 20.8. The summed E-state index contributed by atoms with van der Waals surface area (Å²) in [6, 6.07) is 13.9. The molecule has 148 valence electrons. The zero-order valence-electron chi connectivity index (χ0n) is 16.0. The maximum Gasteiger partial charge on any atom is 0.287 e. The molecule has 0 saturated carbocycles. The highest BCUT2D eigenvalue weighted by molar-refractivity contribution is 6.38. The Morgan fingerprint density at radius 1 is 1.10 bits per heavy atom. The number of hydrogen-bond acceptors (Lipinski definition) is 4. The first-order valence-electron chi connectivity index (χ1n) is 9.25. The molecule has 0 aliphatic carbocycles. The Labute approximate surface area is 168 Å². The minimum absolute atomic E-state index is 0.264. The van der Waals surface area contributed by atoms with Crippen LogP contribution in [0.4, 0.5) is 0 Å². The zero-order valence-corrected chi connectivity index (χ0v) is 16.0. The molecule has 4 N–H and O–H groups in total. The molecule has 0 saturated heterocycles. The maximum absolute atomic E-state index is 12.9. The number of nitrogens with zero attached hydrogens (tertiary/aromatic N) is 1. The lowest BCUT2D eigenvalue weighted by atomic mass is 10.0. The summed E-state index contributed by atoms with van der Waals surface area (Å²) in [5.41, 5.74) is 8.60. The summed E-state index contributed by atoms with van der Waals surface area (Å²) >= 11 is 0. The molecule has 0 spiro atoms. The average Bonchev–Trinajstić information content (AvgIpc) is 3.13. The number of aromatic nitrogens is 2. The van der Waals surface area contributed by atoms with Crippen LogP contribution in [0.3, 0.4) is 0 Å². The highest BCUT2D eigenvalue weighted by atomic mass is 16.2. The van der Waals surface area contributed by atoms with Crippen molar-refractivity contribution in [1.82, 2.24) is 15.3 Å². The van der Waals surface area contributed by atoms with Crippen LogP contribution in [0.2, 0.25) is 0 Å². The van der Waals surface area contributed by atoms with Gasteiger partial charge in [-0.3, -0.25) is 19.4 Å². The van der Waals surface area contributed by atoms with Crippen LogP contribution in [0, 0.1) is 6.92 Å². The van der Waals surface area contributed by atoms with Crippen molar-refractivity contribution in [3.63, 3.8) is 0 Å². The number of benzene rings is 1. The van der Waals surface area contributed by atoms with Gasteiger partial charge in [-0.25, -0.2) is 0 Å². The number of aryl methyl sites for hydroxylation is 2. The third-order valence-corrected chi connectivity index (χ3v) is 4.67. The van der Waals surface area contributed by atoms with Crippen LogP contribution in [-0.2, 0) is 16.0 Å². The van der Waals surface area contributed by atoms with E-state index in [0.29, 0.717) is 23.2 Å². The lowest BCUT2D eigenvalue weighted by Gasteiger charge is -2.16. The van der Waals surface area contributed by atoms with Crippen molar-refractivity contribution in [1.29, 1.82) is 0 Å². The van der Waals surface area contributed by atoms with E-state index in [9.17, 15) is 14.4 Å². The second kappa shape index (κ2) is 8.97. The average molecular weight is 390 g/mol. The third-order valence-electron chi connectivity index (χ3n) is 4.67. The predicted octanol–water partition coefficient (Wildman–Crippen LogP) is 2.17. The van der Waals surface area contributed by atoms with Gasteiger partial charge < -0.3 is 16.0 Å². The van der Waals surface area contributed by atoms with Gasteiger partial charge in [0.25, 0.3) is 11.8 Å². The van der Waals surface area contributed by atoms with Crippen molar-refractivity contribution in [2.75, 3.05) is 0 Å². The summed E-state index contributed by atoms with van der Waals surface area (Å²) in [6.45, 7) is 1.84. The van der Waals surface area contributed by atoms with Crippen LogP contribution in [0.15, 0.2) is 60.9 Å². The molecule has 1 atom stereocenters.